The van der Waals surface area contributed by atoms with Crippen molar-refractivity contribution in [3.05, 3.63) is 113 Å². The maximum atomic E-state index is 6.06. The Bertz CT molecular complexity index is 1180. The Labute approximate surface area is 191 Å². The molecule has 154 valence electrons. The van der Waals surface area contributed by atoms with Crippen LogP contribution in [0.3, 0.4) is 0 Å². The molecule has 1 aliphatic rings. The molecule has 1 saturated heterocycles. The summed E-state index contributed by atoms with van der Waals surface area (Å²) in [6, 6.07) is 24.1. The summed E-state index contributed by atoms with van der Waals surface area (Å²) in [5.41, 5.74) is 3.22. The minimum absolute atomic E-state index is 0.0601. The normalized spacial score (nSPS) is 18.2. The molecule has 3 aromatic heterocycles. The molecule has 1 fully saturated rings. The van der Waals surface area contributed by atoms with Crippen molar-refractivity contribution in [1.29, 1.82) is 0 Å². The summed E-state index contributed by atoms with van der Waals surface area (Å²) in [6.45, 7) is 0.694. The second-order valence-electron chi connectivity index (χ2n) is 7.38. The highest BCUT2D eigenvalue weighted by Crippen LogP contribution is 2.40. The molecule has 5 nitrogen and oxygen atoms in total. The van der Waals surface area contributed by atoms with Gasteiger partial charge in [0.05, 0.1) is 22.8 Å². The Kier molecular flexibility index (Phi) is 5.40. The fraction of sp³-hybridized carbons (Fsp3) is 0.125. The third-order valence-corrected chi connectivity index (χ3v) is 6.01. The first-order valence-electron chi connectivity index (χ1n) is 10.0. The number of hydrogen-bond donors (Lipinski definition) is 1. The van der Waals surface area contributed by atoms with Gasteiger partial charge in [0.25, 0.3) is 0 Å². The van der Waals surface area contributed by atoms with Gasteiger partial charge in [0.1, 0.15) is 5.82 Å². The average molecular weight is 446 g/mol. The molecule has 0 amide bonds. The van der Waals surface area contributed by atoms with Gasteiger partial charge < -0.3 is 14.8 Å². The van der Waals surface area contributed by atoms with Crippen molar-refractivity contribution in [3.8, 4) is 5.82 Å². The summed E-state index contributed by atoms with van der Waals surface area (Å²) in [5, 5.41) is 4.83. The second-order valence-corrected chi connectivity index (χ2v) is 8.20. The monoisotopic (exact) mass is 445 g/mol. The number of thiocarbonyl (C=S) groups is 1. The van der Waals surface area contributed by atoms with Gasteiger partial charge >= 0.3 is 0 Å². The molecule has 1 aliphatic heterocycles. The fourth-order valence-corrected chi connectivity index (χ4v) is 4.45. The summed E-state index contributed by atoms with van der Waals surface area (Å²) >= 11 is 11.8. The lowest BCUT2D eigenvalue weighted by Crippen LogP contribution is -2.30. The standard InChI is InChI=1S/C24H20ClN5S/c25-18-11-12-21(27-15-18)29-14-6-10-20(29)23-22(19-9-4-5-13-26-19)28-24(31)30(23)16-17-7-2-1-3-8-17/h1-15,22-23H,16H2,(H,28,31)/t22-,23+/m1/s1. The quantitative estimate of drug-likeness (QED) is 0.433. The highest BCUT2D eigenvalue weighted by Gasteiger charge is 2.41. The zero-order valence-corrected chi connectivity index (χ0v) is 18.2. The zero-order chi connectivity index (χ0) is 21.2. The molecular formula is C24H20ClN5S. The van der Waals surface area contributed by atoms with E-state index in [2.05, 4.69) is 43.0 Å². The first-order valence-corrected chi connectivity index (χ1v) is 10.8. The lowest BCUT2D eigenvalue weighted by molar-refractivity contribution is 0.302. The molecule has 31 heavy (non-hydrogen) atoms. The van der Waals surface area contributed by atoms with Crippen molar-refractivity contribution in [2.24, 2.45) is 0 Å². The van der Waals surface area contributed by atoms with Crippen LogP contribution in [0.4, 0.5) is 0 Å². The summed E-state index contributed by atoms with van der Waals surface area (Å²) in [6.07, 6.45) is 5.50. The van der Waals surface area contributed by atoms with E-state index in [0.29, 0.717) is 16.7 Å². The van der Waals surface area contributed by atoms with Crippen molar-refractivity contribution in [1.82, 2.24) is 24.8 Å². The van der Waals surface area contributed by atoms with Gasteiger partial charge in [-0.1, -0.05) is 48.0 Å². The molecule has 5 rings (SSSR count). The van der Waals surface area contributed by atoms with E-state index in [4.69, 9.17) is 23.8 Å². The summed E-state index contributed by atoms with van der Waals surface area (Å²) in [4.78, 5) is 11.4. The molecule has 0 saturated carbocycles. The van der Waals surface area contributed by atoms with Gasteiger partial charge in [0, 0.05) is 30.8 Å². The van der Waals surface area contributed by atoms with Crippen LogP contribution in [-0.4, -0.2) is 24.5 Å². The largest absolute Gasteiger partial charge is 0.352 e. The van der Waals surface area contributed by atoms with Crippen LogP contribution in [0.2, 0.25) is 5.02 Å². The smallest absolute Gasteiger partial charge is 0.170 e. The number of halogens is 1. The lowest BCUT2D eigenvalue weighted by atomic mass is 10.0. The minimum Gasteiger partial charge on any atom is -0.352 e. The van der Waals surface area contributed by atoms with Crippen LogP contribution < -0.4 is 5.32 Å². The topological polar surface area (TPSA) is 46.0 Å². The fourth-order valence-electron chi connectivity index (χ4n) is 4.03. The predicted molar refractivity (Wildman–Crippen MR) is 126 cm³/mol. The Morgan fingerprint density at radius 2 is 1.77 bits per heavy atom. The third-order valence-electron chi connectivity index (χ3n) is 5.44. The SMILES string of the molecule is S=C1N[C@H](c2ccccn2)[C@H](c2cccn2-c2ccc(Cl)cn2)N1Cc1ccccc1. The zero-order valence-electron chi connectivity index (χ0n) is 16.6. The van der Waals surface area contributed by atoms with Gasteiger partial charge in [0.2, 0.25) is 0 Å². The number of aromatic nitrogens is 3. The van der Waals surface area contributed by atoms with Crippen molar-refractivity contribution >= 4 is 28.9 Å². The average Bonchev–Trinajstić information content (AvgIpc) is 3.40. The predicted octanol–water partition coefficient (Wildman–Crippen LogP) is 5.09. The van der Waals surface area contributed by atoms with E-state index >= 15 is 0 Å². The molecule has 1 aromatic carbocycles. The molecule has 0 radical (unpaired) electrons. The van der Waals surface area contributed by atoms with Crippen LogP contribution >= 0.6 is 23.8 Å². The van der Waals surface area contributed by atoms with E-state index in [-0.39, 0.29) is 12.1 Å². The number of pyridine rings is 2. The van der Waals surface area contributed by atoms with Crippen molar-refractivity contribution < 1.29 is 0 Å². The summed E-state index contributed by atoms with van der Waals surface area (Å²) in [5.74, 6) is 0.807. The van der Waals surface area contributed by atoms with Crippen LogP contribution in [-0.2, 0) is 6.54 Å². The van der Waals surface area contributed by atoms with Crippen LogP contribution in [0.15, 0.2) is 91.4 Å². The van der Waals surface area contributed by atoms with Gasteiger partial charge in [-0.25, -0.2) is 4.98 Å². The maximum absolute atomic E-state index is 6.06. The molecule has 4 aromatic rings. The van der Waals surface area contributed by atoms with E-state index in [9.17, 15) is 0 Å². The number of hydrogen-bond acceptors (Lipinski definition) is 3. The van der Waals surface area contributed by atoms with Gasteiger partial charge in [-0.3, -0.25) is 4.98 Å². The minimum atomic E-state index is -0.0848. The van der Waals surface area contributed by atoms with Gasteiger partial charge in [-0.2, -0.15) is 0 Å². The van der Waals surface area contributed by atoms with E-state index < -0.39 is 0 Å². The highest BCUT2D eigenvalue weighted by atomic mass is 35.5. The molecular weight excluding hydrogens is 426 g/mol. The van der Waals surface area contributed by atoms with Crippen LogP contribution in [0.25, 0.3) is 5.82 Å². The molecule has 0 bridgehead atoms. The maximum Gasteiger partial charge on any atom is 0.170 e. The van der Waals surface area contributed by atoms with Crippen molar-refractivity contribution in [2.75, 3.05) is 0 Å². The van der Waals surface area contributed by atoms with Crippen molar-refractivity contribution in [2.45, 2.75) is 18.6 Å². The Hall–Kier alpha value is -3.22. The van der Waals surface area contributed by atoms with Crippen molar-refractivity contribution in [3.63, 3.8) is 0 Å². The summed E-state index contributed by atoms with van der Waals surface area (Å²) < 4.78 is 2.09. The molecule has 1 N–H and O–H groups in total. The van der Waals surface area contributed by atoms with Gasteiger partial charge in [-0.05, 0) is 54.2 Å². The number of nitrogens with zero attached hydrogens (tertiary/aromatic N) is 4. The molecule has 4 heterocycles. The molecule has 0 spiro atoms. The lowest BCUT2D eigenvalue weighted by Gasteiger charge is -2.28. The summed E-state index contributed by atoms with van der Waals surface area (Å²) in [7, 11) is 0. The Balaban J connectivity index is 1.60. The molecule has 0 aliphatic carbocycles. The van der Waals surface area contributed by atoms with Gasteiger partial charge in [0.15, 0.2) is 5.11 Å². The third kappa shape index (κ3) is 3.92. The highest BCUT2D eigenvalue weighted by molar-refractivity contribution is 7.80. The number of benzene rings is 1. The Morgan fingerprint density at radius 1 is 0.935 bits per heavy atom. The molecule has 2 atom stereocenters. The van der Waals surface area contributed by atoms with E-state index in [1.54, 1.807) is 6.20 Å². The second kappa shape index (κ2) is 8.49. The molecule has 7 heteroatoms. The number of rotatable bonds is 5. The van der Waals surface area contributed by atoms with E-state index in [0.717, 1.165) is 17.2 Å². The van der Waals surface area contributed by atoms with E-state index in [1.807, 2.05) is 67.0 Å². The first-order chi connectivity index (χ1) is 15.2. The number of nitrogens with one attached hydrogen (secondary N) is 1. The Morgan fingerprint density at radius 3 is 2.52 bits per heavy atom. The van der Waals surface area contributed by atoms with Gasteiger partial charge in [-0.15, -0.1) is 0 Å². The van der Waals surface area contributed by atoms with E-state index in [1.165, 1.54) is 5.56 Å². The van der Waals surface area contributed by atoms with Crippen LogP contribution in [0.1, 0.15) is 29.0 Å². The molecule has 0 unspecified atom stereocenters. The van der Waals surface area contributed by atoms with Crippen LogP contribution in [0, 0.1) is 0 Å². The first kappa shape index (κ1) is 19.7. The van der Waals surface area contributed by atoms with Crippen LogP contribution in [0.5, 0.6) is 0 Å².